The highest BCUT2D eigenvalue weighted by Gasteiger charge is 2.26. The third kappa shape index (κ3) is 6.18. The van der Waals surface area contributed by atoms with Gasteiger partial charge in [0.15, 0.2) is 5.69 Å². The van der Waals surface area contributed by atoms with Gasteiger partial charge in [-0.3, -0.25) is 4.79 Å². The van der Waals surface area contributed by atoms with Gasteiger partial charge in [-0.25, -0.2) is 18.4 Å². The molecule has 0 atom stereocenters. The van der Waals surface area contributed by atoms with Crippen LogP contribution >= 0.6 is 11.6 Å². The Kier molecular flexibility index (Phi) is 7.94. The van der Waals surface area contributed by atoms with E-state index >= 15 is 0 Å². The number of amides is 1. The van der Waals surface area contributed by atoms with E-state index in [1.54, 1.807) is 24.5 Å². The lowest BCUT2D eigenvalue weighted by atomic mass is 10.1. The van der Waals surface area contributed by atoms with E-state index in [0.717, 1.165) is 16.7 Å². The number of carbonyl (C=O) groups is 1. The van der Waals surface area contributed by atoms with Gasteiger partial charge >= 0.3 is 0 Å². The molecule has 2 heterocycles. The third-order valence-electron chi connectivity index (χ3n) is 5.84. The quantitative estimate of drug-likeness (QED) is 0.277. The van der Waals surface area contributed by atoms with Crippen LogP contribution in [-0.4, -0.2) is 30.0 Å². The number of carbonyl (C=O) groups excluding carboxylic acids is 1. The average Bonchev–Trinajstić information content (AvgIpc) is 3.39. The summed E-state index contributed by atoms with van der Waals surface area (Å²) in [5, 5.41) is 3.03. The first kappa shape index (κ1) is 26.4. The van der Waals surface area contributed by atoms with Gasteiger partial charge in [-0.1, -0.05) is 54.4 Å². The smallest absolute Gasteiger partial charge is 0.276 e. The molecule has 0 bridgehead atoms. The molecule has 192 valence electrons. The van der Waals surface area contributed by atoms with Crippen molar-refractivity contribution in [2.24, 2.45) is 0 Å². The molecule has 1 amide bonds. The van der Waals surface area contributed by atoms with Gasteiger partial charge in [-0.15, -0.1) is 0 Å². The number of aryl methyl sites for hydroxylation is 2. The van der Waals surface area contributed by atoms with Crippen molar-refractivity contribution in [2.45, 2.75) is 39.0 Å². The zero-order valence-electron chi connectivity index (χ0n) is 20.7. The fourth-order valence-electron chi connectivity index (χ4n) is 3.82. The van der Waals surface area contributed by atoms with Gasteiger partial charge in [-0.05, 0) is 49.2 Å². The maximum absolute atomic E-state index is 13.6. The number of nitrogens with one attached hydrogen (secondary N) is 1. The maximum Gasteiger partial charge on any atom is 0.276 e. The number of benzene rings is 2. The Morgan fingerprint density at radius 2 is 1.86 bits per heavy atom. The Morgan fingerprint density at radius 3 is 2.54 bits per heavy atom. The molecular formula is C27H27ClN4O4S. The van der Waals surface area contributed by atoms with Crippen molar-refractivity contribution in [3.8, 4) is 0 Å². The highest BCUT2D eigenvalue weighted by atomic mass is 35.5. The van der Waals surface area contributed by atoms with Crippen LogP contribution in [0.25, 0.3) is 0 Å². The number of hydrogen-bond donors (Lipinski definition) is 1. The van der Waals surface area contributed by atoms with E-state index in [1.165, 1.54) is 13.1 Å². The molecule has 4 aromatic rings. The fourth-order valence-corrected chi connectivity index (χ4v) is 4.72. The number of sulfone groups is 1. The fraction of sp³-hybridized carbons (Fsp3) is 0.222. The molecule has 37 heavy (non-hydrogen) atoms. The van der Waals surface area contributed by atoms with E-state index in [0.29, 0.717) is 28.7 Å². The van der Waals surface area contributed by atoms with Crippen molar-refractivity contribution < 1.29 is 17.6 Å². The Bertz CT molecular complexity index is 1520. The normalized spacial score (nSPS) is 11.4. The van der Waals surface area contributed by atoms with Gasteiger partial charge in [0.25, 0.3) is 5.91 Å². The van der Waals surface area contributed by atoms with Crippen molar-refractivity contribution in [1.29, 1.82) is 0 Å². The first-order valence-corrected chi connectivity index (χ1v) is 13.7. The summed E-state index contributed by atoms with van der Waals surface area (Å²) >= 11 is 6.44. The van der Waals surface area contributed by atoms with Crippen LogP contribution in [0, 0.1) is 13.8 Å². The van der Waals surface area contributed by atoms with Gasteiger partial charge in [0.05, 0.1) is 30.4 Å². The zero-order chi connectivity index (χ0) is 26.6. The molecule has 8 nitrogen and oxygen atoms in total. The summed E-state index contributed by atoms with van der Waals surface area (Å²) in [5.41, 5.74) is 3.60. The molecule has 0 fully saturated rings. The van der Waals surface area contributed by atoms with Gasteiger partial charge in [-0.2, -0.15) is 0 Å². The molecule has 0 aliphatic carbocycles. The van der Waals surface area contributed by atoms with Crippen LogP contribution in [0.15, 0.2) is 76.6 Å². The summed E-state index contributed by atoms with van der Waals surface area (Å²) in [6.07, 6.45) is 2.93. The van der Waals surface area contributed by atoms with E-state index in [-0.39, 0.29) is 18.0 Å². The molecule has 0 spiro atoms. The first-order chi connectivity index (χ1) is 17.7. The van der Waals surface area contributed by atoms with E-state index < -0.39 is 20.9 Å². The van der Waals surface area contributed by atoms with E-state index in [9.17, 15) is 13.2 Å². The third-order valence-corrected chi connectivity index (χ3v) is 7.72. The van der Waals surface area contributed by atoms with E-state index in [1.807, 2.05) is 55.1 Å². The highest BCUT2D eigenvalue weighted by molar-refractivity contribution is 7.91. The van der Waals surface area contributed by atoms with Crippen molar-refractivity contribution in [1.82, 2.24) is 9.97 Å². The molecular weight excluding hydrogens is 512 g/mol. The van der Waals surface area contributed by atoms with Gasteiger partial charge in [0.1, 0.15) is 5.76 Å². The zero-order valence-corrected chi connectivity index (χ0v) is 22.3. The molecule has 0 unspecified atom stereocenters. The SMILES string of the molecule is CCS(=O)(=O)c1ncc(N(Cc2ccco2)Cc2ccccc2Cl)c(C(=O)Nc2ccc(C)cc2C)n1. The Hall–Kier alpha value is -3.69. The lowest BCUT2D eigenvalue weighted by molar-refractivity contribution is 0.102. The van der Waals surface area contributed by atoms with Crippen LogP contribution in [0.4, 0.5) is 11.4 Å². The average molecular weight is 539 g/mol. The van der Waals surface area contributed by atoms with Gasteiger partial charge in [0.2, 0.25) is 15.0 Å². The number of aromatic nitrogens is 2. The van der Waals surface area contributed by atoms with Crippen molar-refractivity contribution in [3.05, 3.63) is 100 Å². The standard InChI is InChI=1S/C27H27ClN4O4S/c1-4-37(34,35)27-29-15-24(25(31-27)26(33)30-23-12-11-18(2)14-19(23)3)32(17-21-9-7-13-36-21)16-20-8-5-6-10-22(20)28/h5-15H,4,16-17H2,1-3H3,(H,30,33). The minimum absolute atomic E-state index is 0.0689. The summed E-state index contributed by atoms with van der Waals surface area (Å²) in [4.78, 5) is 23.8. The highest BCUT2D eigenvalue weighted by Crippen LogP contribution is 2.28. The maximum atomic E-state index is 13.6. The predicted octanol–water partition coefficient (Wildman–Crippen LogP) is 5.59. The molecule has 0 saturated heterocycles. The topological polar surface area (TPSA) is 105 Å². The van der Waals surface area contributed by atoms with E-state index in [2.05, 4.69) is 15.3 Å². The van der Waals surface area contributed by atoms with Crippen LogP contribution < -0.4 is 10.2 Å². The van der Waals surface area contributed by atoms with Crippen molar-refractivity contribution >= 4 is 38.7 Å². The van der Waals surface area contributed by atoms with Crippen LogP contribution in [0.1, 0.15) is 39.9 Å². The summed E-state index contributed by atoms with van der Waals surface area (Å²) in [6.45, 7) is 5.92. The Morgan fingerprint density at radius 1 is 1.08 bits per heavy atom. The monoisotopic (exact) mass is 538 g/mol. The summed E-state index contributed by atoms with van der Waals surface area (Å²) < 4.78 is 30.8. The largest absolute Gasteiger partial charge is 0.467 e. The van der Waals surface area contributed by atoms with Crippen LogP contribution in [-0.2, 0) is 22.9 Å². The molecule has 2 aromatic carbocycles. The van der Waals surface area contributed by atoms with Crippen LogP contribution in [0.5, 0.6) is 0 Å². The van der Waals surface area contributed by atoms with Crippen LogP contribution in [0.3, 0.4) is 0 Å². The second kappa shape index (κ2) is 11.1. The number of hydrogen-bond acceptors (Lipinski definition) is 7. The van der Waals surface area contributed by atoms with Crippen LogP contribution in [0.2, 0.25) is 5.02 Å². The first-order valence-electron chi connectivity index (χ1n) is 11.7. The number of nitrogens with zero attached hydrogens (tertiary/aromatic N) is 3. The second-order valence-corrected chi connectivity index (χ2v) is 11.2. The summed E-state index contributed by atoms with van der Waals surface area (Å²) in [5.74, 6) is -0.112. The minimum Gasteiger partial charge on any atom is -0.467 e. The molecule has 1 N–H and O–H groups in total. The number of rotatable bonds is 9. The molecule has 10 heteroatoms. The summed E-state index contributed by atoms with van der Waals surface area (Å²) in [7, 11) is -3.76. The molecule has 0 aliphatic rings. The lowest BCUT2D eigenvalue weighted by Crippen LogP contribution is -2.28. The minimum atomic E-state index is -3.76. The molecule has 0 saturated carbocycles. The molecule has 0 aliphatic heterocycles. The number of halogens is 1. The predicted molar refractivity (Wildman–Crippen MR) is 144 cm³/mol. The number of anilines is 2. The molecule has 4 rings (SSSR count). The lowest BCUT2D eigenvalue weighted by Gasteiger charge is -2.26. The van der Waals surface area contributed by atoms with Gasteiger partial charge < -0.3 is 14.6 Å². The second-order valence-electron chi connectivity index (χ2n) is 8.59. The number of furan rings is 1. The van der Waals surface area contributed by atoms with Crippen molar-refractivity contribution in [3.63, 3.8) is 0 Å². The van der Waals surface area contributed by atoms with E-state index in [4.69, 9.17) is 16.0 Å². The molecule has 0 radical (unpaired) electrons. The summed E-state index contributed by atoms with van der Waals surface area (Å²) in [6, 6.07) is 16.6. The Balaban J connectivity index is 1.82. The molecule has 2 aromatic heterocycles. The Labute approximate surface area is 221 Å². The van der Waals surface area contributed by atoms with Crippen molar-refractivity contribution in [2.75, 3.05) is 16.0 Å². The van der Waals surface area contributed by atoms with Gasteiger partial charge in [0, 0.05) is 17.3 Å².